The molecule has 88 valence electrons. The predicted molar refractivity (Wildman–Crippen MR) is 57.3 cm³/mol. The van der Waals surface area contributed by atoms with E-state index in [9.17, 15) is 9.59 Å². The van der Waals surface area contributed by atoms with E-state index in [4.69, 9.17) is 10.8 Å². The molecule has 0 fully saturated rings. The van der Waals surface area contributed by atoms with Crippen LogP contribution in [-0.2, 0) is 9.59 Å². The summed E-state index contributed by atoms with van der Waals surface area (Å²) in [6.07, 6.45) is 0.787. The van der Waals surface area contributed by atoms with Gasteiger partial charge < -0.3 is 15.7 Å². The van der Waals surface area contributed by atoms with Gasteiger partial charge >= 0.3 is 5.97 Å². The smallest absolute Gasteiger partial charge is 0.305 e. The second kappa shape index (κ2) is 6.40. The van der Waals surface area contributed by atoms with Gasteiger partial charge in [0.2, 0.25) is 5.91 Å². The molecule has 2 atom stereocenters. The Morgan fingerprint density at radius 3 is 2.40 bits per heavy atom. The van der Waals surface area contributed by atoms with Crippen molar-refractivity contribution < 1.29 is 14.7 Å². The lowest BCUT2D eigenvalue weighted by atomic mass is 9.99. The van der Waals surface area contributed by atoms with Crippen LogP contribution >= 0.6 is 0 Å². The third-order valence-corrected chi connectivity index (χ3v) is 2.58. The molecule has 0 aromatic carbocycles. The van der Waals surface area contributed by atoms with E-state index in [2.05, 4.69) is 0 Å². The predicted octanol–water partition coefficient (Wildman–Crippen LogP) is 0.293. The Hall–Kier alpha value is -1.10. The first-order valence-corrected chi connectivity index (χ1v) is 5.12. The molecule has 0 aliphatic carbocycles. The van der Waals surface area contributed by atoms with Gasteiger partial charge in [-0.15, -0.1) is 0 Å². The van der Waals surface area contributed by atoms with Gasteiger partial charge in [0.05, 0.1) is 12.5 Å². The zero-order valence-electron chi connectivity index (χ0n) is 9.56. The molecule has 0 aliphatic rings. The molecule has 0 aromatic heterocycles. The van der Waals surface area contributed by atoms with Gasteiger partial charge in [-0.3, -0.25) is 9.59 Å². The summed E-state index contributed by atoms with van der Waals surface area (Å²) in [6.45, 7) is 4.08. The number of hydrogen-bond acceptors (Lipinski definition) is 3. The van der Waals surface area contributed by atoms with Gasteiger partial charge in [0.1, 0.15) is 0 Å². The van der Waals surface area contributed by atoms with Crippen molar-refractivity contribution in [3.8, 4) is 0 Å². The van der Waals surface area contributed by atoms with Gasteiger partial charge in [-0.1, -0.05) is 20.3 Å². The summed E-state index contributed by atoms with van der Waals surface area (Å²) in [4.78, 5) is 23.4. The number of likely N-dealkylation sites (N-methyl/N-ethyl adjacent to an activating group) is 1. The lowest BCUT2D eigenvalue weighted by Crippen LogP contribution is -2.45. The summed E-state index contributed by atoms with van der Waals surface area (Å²) in [7, 11) is 1.58. The number of carbonyl (C=O) groups excluding carboxylic acids is 1. The lowest BCUT2D eigenvalue weighted by molar-refractivity contribution is -0.138. The maximum Gasteiger partial charge on any atom is 0.305 e. The summed E-state index contributed by atoms with van der Waals surface area (Å²) < 4.78 is 0. The number of hydrogen-bond donors (Lipinski definition) is 2. The van der Waals surface area contributed by atoms with Gasteiger partial charge in [-0.2, -0.15) is 0 Å². The van der Waals surface area contributed by atoms with Crippen LogP contribution in [0.15, 0.2) is 0 Å². The topological polar surface area (TPSA) is 83.6 Å². The third kappa shape index (κ3) is 4.78. The second-order valence-corrected chi connectivity index (χ2v) is 3.81. The van der Waals surface area contributed by atoms with Gasteiger partial charge in [0.15, 0.2) is 0 Å². The van der Waals surface area contributed by atoms with Crippen molar-refractivity contribution >= 4 is 11.9 Å². The molecule has 0 spiro atoms. The highest BCUT2D eigenvalue weighted by Crippen LogP contribution is 2.07. The highest BCUT2D eigenvalue weighted by atomic mass is 16.4. The van der Waals surface area contributed by atoms with E-state index in [1.54, 1.807) is 7.05 Å². The Bertz CT molecular complexity index is 231. The molecule has 3 N–H and O–H groups in total. The fourth-order valence-electron chi connectivity index (χ4n) is 1.13. The largest absolute Gasteiger partial charge is 0.481 e. The fraction of sp³-hybridized carbons (Fsp3) is 0.800. The molecule has 0 unspecified atom stereocenters. The van der Waals surface area contributed by atoms with Crippen molar-refractivity contribution in [2.45, 2.75) is 32.7 Å². The van der Waals surface area contributed by atoms with Crippen molar-refractivity contribution in [2.75, 3.05) is 13.6 Å². The number of carboxylic acid groups (broad SMARTS) is 1. The molecular weight excluding hydrogens is 196 g/mol. The number of aliphatic carboxylic acids is 1. The first-order valence-electron chi connectivity index (χ1n) is 5.12. The number of nitrogens with zero attached hydrogens (tertiary/aromatic N) is 1. The lowest BCUT2D eigenvalue weighted by Gasteiger charge is -2.24. The van der Waals surface area contributed by atoms with Crippen LogP contribution < -0.4 is 5.73 Å². The maximum atomic E-state index is 11.7. The minimum Gasteiger partial charge on any atom is -0.481 e. The summed E-state index contributed by atoms with van der Waals surface area (Å²) >= 11 is 0. The third-order valence-electron chi connectivity index (χ3n) is 2.58. The first kappa shape index (κ1) is 13.9. The summed E-state index contributed by atoms with van der Waals surface area (Å²) in [6, 6.07) is -0.534. The van der Waals surface area contributed by atoms with Gasteiger partial charge in [0.25, 0.3) is 0 Å². The molecule has 0 saturated carbocycles. The molecule has 0 radical (unpaired) electrons. The molecule has 0 aliphatic heterocycles. The van der Waals surface area contributed by atoms with Crippen LogP contribution in [-0.4, -0.2) is 41.5 Å². The highest BCUT2D eigenvalue weighted by Gasteiger charge is 2.22. The van der Waals surface area contributed by atoms with E-state index in [1.165, 1.54) is 4.90 Å². The van der Waals surface area contributed by atoms with Crippen molar-refractivity contribution in [1.29, 1.82) is 0 Å². The molecular formula is C10H20N2O3. The molecule has 0 saturated heterocycles. The van der Waals surface area contributed by atoms with Gasteiger partial charge in [-0.05, 0) is 5.92 Å². The number of carbonyl (C=O) groups is 2. The Balaban J connectivity index is 4.13. The van der Waals surface area contributed by atoms with E-state index >= 15 is 0 Å². The Labute approximate surface area is 90.2 Å². The molecule has 0 rings (SSSR count). The number of nitrogens with two attached hydrogens (primary N) is 1. The number of rotatable bonds is 6. The van der Waals surface area contributed by atoms with Crippen molar-refractivity contribution in [3.63, 3.8) is 0 Å². The summed E-state index contributed by atoms with van der Waals surface area (Å²) in [5.74, 6) is -0.984. The standard InChI is InChI=1S/C10H20N2O3/c1-4-7(2)9(11)10(15)12(3)6-5-8(13)14/h7,9H,4-6,11H2,1-3H3,(H,13,14)/t7-,9-/m0/s1. The minimum absolute atomic E-state index is 0.0462. The van der Waals surface area contributed by atoms with Crippen LogP contribution in [0, 0.1) is 5.92 Å². The zero-order valence-corrected chi connectivity index (χ0v) is 9.56. The van der Waals surface area contributed by atoms with Crippen molar-refractivity contribution in [2.24, 2.45) is 11.7 Å². The maximum absolute atomic E-state index is 11.7. The first-order chi connectivity index (χ1) is 6.90. The average Bonchev–Trinajstić information content (AvgIpc) is 2.22. The van der Waals surface area contributed by atoms with Crippen molar-refractivity contribution in [3.05, 3.63) is 0 Å². The van der Waals surface area contributed by atoms with E-state index in [0.29, 0.717) is 0 Å². The molecule has 0 bridgehead atoms. The second-order valence-electron chi connectivity index (χ2n) is 3.81. The SMILES string of the molecule is CC[C@H](C)[C@H](N)C(=O)N(C)CCC(=O)O. The van der Waals surface area contributed by atoms with Crippen LogP contribution in [0.3, 0.4) is 0 Å². The summed E-state index contributed by atoms with van der Waals surface area (Å²) in [5, 5.41) is 8.47. The molecule has 0 aromatic rings. The van der Waals surface area contributed by atoms with E-state index in [0.717, 1.165) is 6.42 Å². The molecule has 1 amide bonds. The van der Waals surface area contributed by atoms with E-state index in [1.807, 2.05) is 13.8 Å². The van der Waals surface area contributed by atoms with Crippen molar-refractivity contribution in [1.82, 2.24) is 4.90 Å². The minimum atomic E-state index is -0.910. The Morgan fingerprint density at radius 1 is 1.47 bits per heavy atom. The fourth-order valence-corrected chi connectivity index (χ4v) is 1.13. The molecule has 5 heteroatoms. The van der Waals surface area contributed by atoms with E-state index < -0.39 is 12.0 Å². The number of carboxylic acids is 1. The van der Waals surface area contributed by atoms with Crippen LogP contribution in [0.25, 0.3) is 0 Å². The molecule has 15 heavy (non-hydrogen) atoms. The van der Waals surface area contributed by atoms with Gasteiger partial charge in [-0.25, -0.2) is 0 Å². The number of amides is 1. The molecule has 0 heterocycles. The normalized spacial score (nSPS) is 14.4. The van der Waals surface area contributed by atoms with E-state index in [-0.39, 0.29) is 24.8 Å². The van der Waals surface area contributed by atoms with Crippen LogP contribution in [0.4, 0.5) is 0 Å². The monoisotopic (exact) mass is 216 g/mol. The highest BCUT2D eigenvalue weighted by molar-refractivity contribution is 5.82. The quantitative estimate of drug-likeness (QED) is 0.668. The Morgan fingerprint density at radius 2 is 2.00 bits per heavy atom. The Kier molecular flexibility index (Phi) is 5.93. The average molecular weight is 216 g/mol. The zero-order chi connectivity index (χ0) is 12.0. The van der Waals surface area contributed by atoms with Crippen LogP contribution in [0.5, 0.6) is 0 Å². The molecule has 5 nitrogen and oxygen atoms in total. The van der Waals surface area contributed by atoms with Gasteiger partial charge in [0, 0.05) is 13.6 Å². The summed E-state index contributed by atoms with van der Waals surface area (Å²) in [5.41, 5.74) is 5.74. The van der Waals surface area contributed by atoms with Crippen LogP contribution in [0.2, 0.25) is 0 Å². The van der Waals surface area contributed by atoms with Crippen LogP contribution in [0.1, 0.15) is 26.7 Å².